The number of hydrogen-bond donors (Lipinski definition) is 2. The van der Waals surface area contributed by atoms with Crippen LogP contribution in [0.25, 0.3) is 5.70 Å². The van der Waals surface area contributed by atoms with Crippen LogP contribution in [0, 0.1) is 5.92 Å². The summed E-state index contributed by atoms with van der Waals surface area (Å²) in [6, 6.07) is 8.11. The van der Waals surface area contributed by atoms with Gasteiger partial charge in [-0.3, -0.25) is 19.7 Å². The highest BCUT2D eigenvalue weighted by Gasteiger charge is 2.31. The van der Waals surface area contributed by atoms with Gasteiger partial charge < -0.3 is 19.8 Å². The van der Waals surface area contributed by atoms with E-state index in [1.54, 1.807) is 30.5 Å². The summed E-state index contributed by atoms with van der Waals surface area (Å²) in [5, 5.41) is 2.40. The molecule has 0 aliphatic carbocycles. The lowest BCUT2D eigenvalue weighted by Gasteiger charge is -2.36. The van der Waals surface area contributed by atoms with E-state index in [-0.39, 0.29) is 17.3 Å². The molecule has 2 aromatic rings. The second-order valence-electron chi connectivity index (χ2n) is 9.29. The number of nitrogens with one attached hydrogen (secondary N) is 1. The van der Waals surface area contributed by atoms with Crippen LogP contribution in [0.15, 0.2) is 70.7 Å². The smallest absolute Gasteiger partial charge is 0.330 e. The number of aliphatic imine (C=N–C) groups is 2. The van der Waals surface area contributed by atoms with Crippen LogP contribution >= 0.6 is 0 Å². The van der Waals surface area contributed by atoms with Gasteiger partial charge in [-0.2, -0.15) is 13.2 Å². The third-order valence-corrected chi connectivity index (χ3v) is 6.36. The number of carbonyl (C=O) groups is 2. The number of pyridine rings is 1. The molecule has 1 aromatic carbocycles. The highest BCUT2D eigenvalue weighted by atomic mass is 19.4. The van der Waals surface area contributed by atoms with E-state index in [9.17, 15) is 22.8 Å². The summed E-state index contributed by atoms with van der Waals surface area (Å²) < 4.78 is 38.9. The number of rotatable bonds is 7. The third kappa shape index (κ3) is 8.39. The van der Waals surface area contributed by atoms with Gasteiger partial charge in [0.2, 0.25) is 0 Å². The molecule has 0 saturated carbocycles. The van der Waals surface area contributed by atoms with Crippen LogP contribution in [0.1, 0.15) is 41.3 Å². The largest absolute Gasteiger partial charge is 0.416 e. The van der Waals surface area contributed by atoms with Crippen LogP contribution in [0.3, 0.4) is 0 Å². The lowest BCUT2D eigenvalue weighted by molar-refractivity contribution is -0.137. The molecule has 41 heavy (non-hydrogen) atoms. The molecule has 10 nitrogen and oxygen atoms in total. The van der Waals surface area contributed by atoms with Crippen molar-refractivity contribution in [2.75, 3.05) is 32.2 Å². The van der Waals surface area contributed by atoms with Crippen molar-refractivity contribution in [3.63, 3.8) is 0 Å². The zero-order valence-corrected chi connectivity index (χ0v) is 22.8. The molecular formula is C28H32F3N7O3. The highest BCUT2D eigenvalue weighted by Crippen LogP contribution is 2.30. The van der Waals surface area contributed by atoms with Crippen LogP contribution in [0.2, 0.25) is 0 Å². The molecule has 1 fully saturated rings. The third-order valence-electron chi connectivity index (χ3n) is 6.36. The number of nitrogens with zero attached hydrogens (tertiary/aromatic N) is 5. The molecule has 3 N–H and O–H groups in total. The van der Waals surface area contributed by atoms with Crippen LogP contribution in [-0.2, 0) is 15.8 Å². The Balaban J connectivity index is 0.00000147. The van der Waals surface area contributed by atoms with Gasteiger partial charge in [0.15, 0.2) is 0 Å². The average Bonchev–Trinajstić information content (AvgIpc) is 2.95. The van der Waals surface area contributed by atoms with Gasteiger partial charge >= 0.3 is 6.18 Å². The average molecular weight is 572 g/mol. The second kappa shape index (κ2) is 14.4. The predicted molar refractivity (Wildman–Crippen MR) is 151 cm³/mol. The number of aldehydes is 1. The van der Waals surface area contributed by atoms with Gasteiger partial charge in [-0.05, 0) is 57.3 Å². The molecule has 1 atom stereocenters. The van der Waals surface area contributed by atoms with Crippen LogP contribution in [-0.4, -0.2) is 66.3 Å². The number of hydrogen-bond acceptors (Lipinski definition) is 9. The first-order chi connectivity index (χ1) is 19.6. The normalized spacial score (nSPS) is 18.5. The van der Waals surface area contributed by atoms with Crippen molar-refractivity contribution >= 4 is 36.1 Å². The van der Waals surface area contributed by atoms with E-state index in [2.05, 4.69) is 42.6 Å². The SMILES string of the molecule is C=N/C(=C1/C(C)=NC=CN1CN1CCCC(C=O)C1)c1ccc(C(=O)Nc2cc(C(F)(F)F)ccn2)cc1.CON. The summed E-state index contributed by atoms with van der Waals surface area (Å²) in [6.45, 7) is 7.71. The Morgan fingerprint density at radius 2 is 1.95 bits per heavy atom. The number of anilines is 1. The van der Waals surface area contributed by atoms with Crippen molar-refractivity contribution in [1.82, 2.24) is 14.8 Å². The summed E-state index contributed by atoms with van der Waals surface area (Å²) in [7, 11) is 1.40. The summed E-state index contributed by atoms with van der Waals surface area (Å²) in [5.41, 5.74) is 2.06. The first-order valence-corrected chi connectivity index (χ1v) is 12.7. The minimum absolute atomic E-state index is 0.0153. The fourth-order valence-corrected chi connectivity index (χ4v) is 4.49. The Labute approximate surface area is 236 Å². The van der Waals surface area contributed by atoms with Crippen molar-refractivity contribution in [3.05, 3.63) is 77.4 Å². The van der Waals surface area contributed by atoms with Gasteiger partial charge in [0.05, 0.1) is 36.4 Å². The first-order valence-electron chi connectivity index (χ1n) is 12.7. The molecule has 3 heterocycles. The van der Waals surface area contributed by atoms with Crippen molar-refractivity contribution in [1.29, 1.82) is 0 Å². The van der Waals surface area contributed by atoms with E-state index in [4.69, 9.17) is 0 Å². The van der Waals surface area contributed by atoms with Gasteiger partial charge in [-0.15, -0.1) is 0 Å². The molecule has 2 aliphatic heterocycles. The lowest BCUT2D eigenvalue weighted by Crippen LogP contribution is -2.43. The molecule has 1 unspecified atom stereocenters. The van der Waals surface area contributed by atoms with E-state index in [0.29, 0.717) is 24.5 Å². The number of alkyl halides is 3. The van der Waals surface area contributed by atoms with Crippen molar-refractivity contribution in [3.8, 4) is 0 Å². The zero-order chi connectivity index (χ0) is 30.0. The predicted octanol–water partition coefficient (Wildman–Crippen LogP) is 4.34. The van der Waals surface area contributed by atoms with E-state index >= 15 is 0 Å². The second-order valence-corrected chi connectivity index (χ2v) is 9.29. The first kappa shape index (κ1) is 31.3. The number of allylic oxidation sites excluding steroid dienone is 1. The number of benzene rings is 1. The quantitative estimate of drug-likeness (QED) is 0.288. The topological polar surface area (TPSA) is 126 Å². The summed E-state index contributed by atoms with van der Waals surface area (Å²) in [6.07, 6.45) is 2.85. The Morgan fingerprint density at radius 1 is 1.27 bits per heavy atom. The Bertz CT molecular complexity index is 1320. The Kier molecular flexibility index (Phi) is 11.0. The monoisotopic (exact) mass is 571 g/mol. The molecule has 0 spiro atoms. The zero-order valence-electron chi connectivity index (χ0n) is 22.8. The molecule has 0 radical (unpaired) electrons. The van der Waals surface area contributed by atoms with Gasteiger partial charge in [-0.1, -0.05) is 12.1 Å². The number of amides is 1. The summed E-state index contributed by atoms with van der Waals surface area (Å²) >= 11 is 0. The molecule has 4 rings (SSSR count). The lowest BCUT2D eigenvalue weighted by atomic mass is 10.00. The maximum Gasteiger partial charge on any atom is 0.416 e. The van der Waals surface area contributed by atoms with Gasteiger partial charge in [-0.25, -0.2) is 10.9 Å². The number of piperidine rings is 1. The number of halogens is 3. The number of nitrogens with two attached hydrogens (primary N) is 1. The van der Waals surface area contributed by atoms with Gasteiger partial charge in [0.1, 0.15) is 12.1 Å². The van der Waals surface area contributed by atoms with E-state index in [1.165, 1.54) is 7.11 Å². The summed E-state index contributed by atoms with van der Waals surface area (Å²) in [4.78, 5) is 44.4. The maximum atomic E-state index is 13.0. The van der Waals surface area contributed by atoms with Crippen LogP contribution < -0.4 is 11.2 Å². The fourth-order valence-electron chi connectivity index (χ4n) is 4.49. The highest BCUT2D eigenvalue weighted by molar-refractivity contribution is 6.06. The van der Waals surface area contributed by atoms with Crippen molar-refractivity contribution < 1.29 is 27.6 Å². The minimum atomic E-state index is -4.54. The Morgan fingerprint density at radius 3 is 2.59 bits per heavy atom. The number of likely N-dealkylation sites (tertiary alicyclic amines) is 1. The van der Waals surface area contributed by atoms with Crippen LogP contribution in [0.5, 0.6) is 0 Å². The number of carbonyl (C=O) groups excluding carboxylic acids is 2. The molecular weight excluding hydrogens is 539 g/mol. The fraction of sp³-hybridized carbons (Fsp3) is 0.321. The summed E-state index contributed by atoms with van der Waals surface area (Å²) in [5.74, 6) is 3.57. The number of aromatic nitrogens is 1. The molecule has 13 heteroatoms. The van der Waals surface area contributed by atoms with E-state index in [0.717, 1.165) is 55.4 Å². The molecule has 1 saturated heterocycles. The van der Waals surface area contributed by atoms with Gasteiger partial charge in [0, 0.05) is 42.2 Å². The van der Waals surface area contributed by atoms with Crippen molar-refractivity contribution in [2.45, 2.75) is 25.9 Å². The maximum absolute atomic E-state index is 13.0. The van der Waals surface area contributed by atoms with E-state index in [1.807, 2.05) is 18.0 Å². The Hall–Kier alpha value is -4.20. The molecule has 2 aliphatic rings. The molecule has 1 amide bonds. The van der Waals surface area contributed by atoms with Crippen molar-refractivity contribution in [2.24, 2.45) is 21.8 Å². The van der Waals surface area contributed by atoms with E-state index < -0.39 is 17.6 Å². The standard InChI is InChI=1S/C27H27F3N6O2.CH5NO/c1-18-25(36(13-11-32-18)17-35-12-3-4-19(15-35)16-37)24(31-2)20-5-7-21(8-6-20)26(38)34-23-14-22(9-10-33-23)27(28,29)30;1-3-2/h5-11,13-14,16,19H,2-4,12,15,17H2,1H3,(H,33,34,38);2H2,1H3/b25-24-;. The molecule has 0 bridgehead atoms. The molecule has 218 valence electrons. The van der Waals surface area contributed by atoms with Crippen LogP contribution in [0.4, 0.5) is 19.0 Å². The minimum Gasteiger partial charge on any atom is -0.330 e. The molecule has 1 aromatic heterocycles. The van der Waals surface area contributed by atoms with Gasteiger partial charge in [0.25, 0.3) is 5.91 Å².